The fraction of sp³-hybridized carbons (Fsp3) is 0.240. The predicted octanol–water partition coefficient (Wildman–Crippen LogP) is 5.88. The monoisotopic (exact) mass is 606 g/mol. The summed E-state index contributed by atoms with van der Waals surface area (Å²) in [7, 11) is -1.57. The number of halogens is 5. The largest absolute Gasteiger partial charge is 0.497 e. The zero-order valence-corrected chi connectivity index (χ0v) is 22.9. The summed E-state index contributed by atoms with van der Waals surface area (Å²) in [6.07, 6.45) is -4.64. The number of rotatable bonds is 11. The molecule has 0 fully saturated rings. The van der Waals surface area contributed by atoms with Gasteiger partial charge in [0.1, 0.15) is 24.7 Å². The van der Waals surface area contributed by atoms with E-state index >= 15 is 0 Å². The van der Waals surface area contributed by atoms with Crippen molar-refractivity contribution in [3.8, 4) is 11.5 Å². The van der Waals surface area contributed by atoms with Gasteiger partial charge in [0.15, 0.2) is 0 Å². The number of ether oxygens (including phenoxy) is 3. The van der Waals surface area contributed by atoms with Gasteiger partial charge in [0.25, 0.3) is 10.0 Å². The summed E-state index contributed by atoms with van der Waals surface area (Å²) in [6.45, 7) is -0.552. The van der Waals surface area contributed by atoms with Gasteiger partial charge in [0, 0.05) is 18.9 Å². The summed E-state index contributed by atoms with van der Waals surface area (Å²) in [5.41, 5.74) is -1.31. The Labute approximate surface area is 233 Å². The van der Waals surface area contributed by atoms with Crippen molar-refractivity contribution < 1.29 is 40.6 Å². The van der Waals surface area contributed by atoms with Crippen LogP contribution in [0.15, 0.2) is 65.6 Å². The van der Waals surface area contributed by atoms with Crippen molar-refractivity contribution >= 4 is 50.5 Å². The van der Waals surface area contributed by atoms with E-state index in [1.807, 2.05) is 0 Å². The summed E-state index contributed by atoms with van der Waals surface area (Å²) in [6, 6.07) is 11.8. The Morgan fingerprint density at radius 3 is 2.28 bits per heavy atom. The first-order chi connectivity index (χ1) is 18.4. The molecule has 3 aromatic rings. The van der Waals surface area contributed by atoms with Crippen molar-refractivity contribution in [2.75, 3.05) is 43.6 Å². The van der Waals surface area contributed by atoms with Gasteiger partial charge in [0.2, 0.25) is 5.91 Å². The van der Waals surface area contributed by atoms with Crippen molar-refractivity contribution in [3.63, 3.8) is 0 Å². The van der Waals surface area contributed by atoms with Crippen LogP contribution in [0.25, 0.3) is 0 Å². The van der Waals surface area contributed by atoms with Crippen molar-refractivity contribution in [1.29, 1.82) is 0 Å². The van der Waals surface area contributed by atoms with E-state index in [4.69, 9.17) is 37.4 Å². The van der Waals surface area contributed by atoms with Gasteiger partial charge in [-0.25, -0.2) is 8.42 Å². The van der Waals surface area contributed by atoms with E-state index in [1.165, 1.54) is 56.7 Å². The Morgan fingerprint density at radius 2 is 1.67 bits per heavy atom. The van der Waals surface area contributed by atoms with E-state index in [2.05, 4.69) is 5.32 Å². The summed E-state index contributed by atoms with van der Waals surface area (Å²) < 4.78 is 83.0. The molecule has 1 amide bonds. The van der Waals surface area contributed by atoms with Gasteiger partial charge in [-0.1, -0.05) is 29.3 Å². The first kappa shape index (κ1) is 30.4. The van der Waals surface area contributed by atoms with Crippen LogP contribution in [0.1, 0.15) is 5.56 Å². The number of sulfonamides is 1. The zero-order valence-electron chi connectivity index (χ0n) is 20.6. The van der Waals surface area contributed by atoms with E-state index in [9.17, 15) is 26.4 Å². The third kappa shape index (κ3) is 7.69. The molecule has 39 heavy (non-hydrogen) atoms. The van der Waals surface area contributed by atoms with Crippen molar-refractivity contribution in [1.82, 2.24) is 0 Å². The van der Waals surface area contributed by atoms with E-state index in [0.29, 0.717) is 10.1 Å². The molecule has 14 heteroatoms. The Balaban J connectivity index is 2.03. The highest BCUT2D eigenvalue weighted by Gasteiger charge is 2.32. The van der Waals surface area contributed by atoms with Crippen LogP contribution in [0.5, 0.6) is 11.5 Å². The molecule has 0 unspecified atom stereocenters. The molecule has 0 aliphatic carbocycles. The minimum atomic E-state index is -4.64. The van der Waals surface area contributed by atoms with E-state index in [0.717, 1.165) is 18.2 Å². The molecule has 0 heterocycles. The molecule has 0 saturated heterocycles. The van der Waals surface area contributed by atoms with Crippen LogP contribution in [0, 0.1) is 0 Å². The highest BCUT2D eigenvalue weighted by Crippen LogP contribution is 2.39. The average molecular weight is 607 g/mol. The molecule has 0 aliphatic heterocycles. The highest BCUT2D eigenvalue weighted by atomic mass is 35.5. The molecule has 0 atom stereocenters. The number of nitrogens with zero attached hydrogens (tertiary/aromatic N) is 1. The second-order valence-corrected chi connectivity index (χ2v) is 10.6. The molecule has 210 valence electrons. The highest BCUT2D eigenvalue weighted by molar-refractivity contribution is 7.92. The van der Waals surface area contributed by atoms with Gasteiger partial charge in [-0.15, -0.1) is 0 Å². The van der Waals surface area contributed by atoms with Crippen molar-refractivity contribution in [2.24, 2.45) is 0 Å². The molecule has 0 spiro atoms. The number of anilines is 2. The number of benzene rings is 3. The lowest BCUT2D eigenvalue weighted by Crippen LogP contribution is -2.38. The van der Waals surface area contributed by atoms with Crippen LogP contribution >= 0.6 is 23.2 Å². The SMILES string of the molecule is COCCOc1cc(N(CC(=O)Nc2cccc(C(F)(F)F)c2)S(=O)(=O)c2ccc(OC)cc2)c(Cl)cc1Cl. The minimum Gasteiger partial charge on any atom is -0.497 e. The van der Waals surface area contributed by atoms with Crippen LogP contribution in [0.2, 0.25) is 10.0 Å². The fourth-order valence-electron chi connectivity index (χ4n) is 3.33. The van der Waals surface area contributed by atoms with Gasteiger partial charge >= 0.3 is 6.18 Å². The molecule has 0 radical (unpaired) electrons. The molecule has 8 nitrogen and oxygen atoms in total. The Morgan fingerprint density at radius 1 is 0.974 bits per heavy atom. The quantitative estimate of drug-likeness (QED) is 0.274. The smallest absolute Gasteiger partial charge is 0.416 e. The number of nitrogens with one attached hydrogen (secondary N) is 1. The second kappa shape index (κ2) is 12.8. The van der Waals surface area contributed by atoms with Crippen LogP contribution in [0.4, 0.5) is 24.5 Å². The zero-order chi connectivity index (χ0) is 28.8. The normalized spacial score (nSPS) is 11.7. The maximum absolute atomic E-state index is 13.7. The summed E-state index contributed by atoms with van der Waals surface area (Å²) in [4.78, 5) is 12.8. The van der Waals surface area contributed by atoms with Crippen LogP contribution in [-0.2, 0) is 25.7 Å². The second-order valence-electron chi connectivity index (χ2n) is 7.89. The van der Waals surface area contributed by atoms with Gasteiger partial charge in [-0.3, -0.25) is 9.10 Å². The first-order valence-corrected chi connectivity index (χ1v) is 13.3. The van der Waals surface area contributed by atoms with Crippen molar-refractivity contribution in [2.45, 2.75) is 11.1 Å². The molecule has 0 aromatic heterocycles. The predicted molar refractivity (Wildman–Crippen MR) is 141 cm³/mol. The third-order valence-corrected chi connectivity index (χ3v) is 7.60. The van der Waals surface area contributed by atoms with Crippen molar-refractivity contribution in [3.05, 3.63) is 76.3 Å². The number of carbonyl (C=O) groups is 1. The van der Waals surface area contributed by atoms with Crippen LogP contribution in [0.3, 0.4) is 0 Å². The molecule has 0 saturated carbocycles. The maximum Gasteiger partial charge on any atom is 0.416 e. The van der Waals surface area contributed by atoms with E-state index < -0.39 is 34.2 Å². The molecule has 0 bridgehead atoms. The number of hydrogen-bond acceptors (Lipinski definition) is 6. The van der Waals surface area contributed by atoms with E-state index in [1.54, 1.807) is 0 Å². The Bertz CT molecular complexity index is 1420. The number of hydrogen-bond donors (Lipinski definition) is 1. The molecular weight excluding hydrogens is 584 g/mol. The van der Waals surface area contributed by atoms with Gasteiger partial charge in [-0.2, -0.15) is 13.2 Å². The van der Waals surface area contributed by atoms with Gasteiger partial charge in [-0.05, 0) is 48.5 Å². The lowest BCUT2D eigenvalue weighted by molar-refractivity contribution is -0.137. The number of amides is 1. The van der Waals surface area contributed by atoms with Crippen LogP contribution < -0.4 is 19.1 Å². The van der Waals surface area contributed by atoms with Gasteiger partial charge in [0.05, 0.1) is 39.9 Å². The fourth-order valence-corrected chi connectivity index (χ4v) is 5.36. The average Bonchev–Trinajstić information content (AvgIpc) is 2.88. The summed E-state index contributed by atoms with van der Waals surface area (Å²) in [5.74, 6) is -0.471. The molecule has 1 N–H and O–H groups in total. The number of alkyl halides is 3. The lowest BCUT2D eigenvalue weighted by atomic mass is 10.2. The standard InChI is InChI=1S/C25H23Cl2F3N2O6S/c1-36-10-11-38-23-14-22(20(26)13-21(23)27)32(39(34,35)19-8-6-18(37-2)7-9-19)15-24(33)31-17-5-3-4-16(12-17)25(28,29)30/h3-9,12-14H,10-11,15H2,1-2H3,(H,31,33). The Hall–Kier alpha value is -3.19. The minimum absolute atomic E-state index is 0.0707. The Kier molecular flexibility index (Phi) is 9.94. The van der Waals surface area contributed by atoms with Crippen LogP contribution in [-0.4, -0.2) is 48.3 Å². The summed E-state index contributed by atoms with van der Waals surface area (Å²) >= 11 is 12.6. The lowest BCUT2D eigenvalue weighted by Gasteiger charge is -2.26. The molecule has 3 rings (SSSR count). The first-order valence-electron chi connectivity index (χ1n) is 11.1. The third-order valence-electron chi connectivity index (χ3n) is 5.22. The summed E-state index contributed by atoms with van der Waals surface area (Å²) in [5, 5.41) is 2.26. The molecule has 3 aromatic carbocycles. The molecular formula is C25H23Cl2F3N2O6S. The van der Waals surface area contributed by atoms with E-state index in [-0.39, 0.29) is 45.3 Å². The van der Waals surface area contributed by atoms with Gasteiger partial charge < -0.3 is 19.5 Å². The maximum atomic E-state index is 13.7. The number of carbonyl (C=O) groups excluding carboxylic acids is 1. The topological polar surface area (TPSA) is 94.2 Å². The number of methoxy groups -OCH3 is 2. The molecule has 0 aliphatic rings.